The number of rotatable bonds is 5. The summed E-state index contributed by atoms with van der Waals surface area (Å²) in [6, 6.07) is 0. The van der Waals surface area contributed by atoms with E-state index in [0.717, 1.165) is 12.8 Å². The smallest absolute Gasteiger partial charge is 0.419 e. The Morgan fingerprint density at radius 1 is 1.35 bits per heavy atom. The number of nitrogens with zero attached hydrogens (tertiary/aromatic N) is 1. The average Bonchev–Trinajstić information content (AvgIpc) is 2.58. The fourth-order valence-corrected chi connectivity index (χ4v) is 1.40. The lowest BCUT2D eigenvalue weighted by Gasteiger charge is -2.17. The first-order chi connectivity index (χ1) is 8.06. The first-order valence-corrected chi connectivity index (χ1v) is 5.74. The highest BCUT2D eigenvalue weighted by Gasteiger charge is 2.36. The fraction of sp³-hybridized carbons (Fsp3) is 0.727. The highest BCUT2D eigenvalue weighted by Crippen LogP contribution is 2.14. The second-order valence-corrected chi connectivity index (χ2v) is 3.80. The molecule has 1 aliphatic rings. The van der Waals surface area contributed by atoms with E-state index in [1.54, 1.807) is 6.92 Å². The lowest BCUT2D eigenvalue weighted by Crippen LogP contribution is -2.38. The molecule has 1 saturated heterocycles. The van der Waals surface area contributed by atoms with Crippen LogP contribution in [0.1, 0.15) is 39.5 Å². The summed E-state index contributed by atoms with van der Waals surface area (Å²) in [5.41, 5.74) is 0. The molecule has 1 unspecified atom stereocenters. The van der Waals surface area contributed by atoms with Crippen molar-refractivity contribution in [1.29, 1.82) is 0 Å². The van der Waals surface area contributed by atoms with Crippen LogP contribution in [0.3, 0.4) is 0 Å². The van der Waals surface area contributed by atoms with Crippen molar-refractivity contribution < 1.29 is 23.9 Å². The molecule has 1 rings (SSSR count). The Labute approximate surface area is 99.9 Å². The first-order valence-electron chi connectivity index (χ1n) is 5.74. The van der Waals surface area contributed by atoms with Crippen LogP contribution in [0.15, 0.2) is 0 Å². The summed E-state index contributed by atoms with van der Waals surface area (Å²) in [6.07, 6.45) is 0.280. The molecule has 1 heterocycles. The molecule has 1 atom stereocenters. The fourth-order valence-electron chi connectivity index (χ4n) is 1.40. The Kier molecular flexibility index (Phi) is 5.09. The number of unbranched alkanes of at least 4 members (excludes halogenated alkanes) is 1. The number of amides is 3. The number of hydrogen-bond donors (Lipinski definition) is 0. The van der Waals surface area contributed by atoms with Gasteiger partial charge in [-0.2, -0.15) is 4.90 Å². The van der Waals surface area contributed by atoms with Crippen LogP contribution in [-0.4, -0.2) is 35.7 Å². The molecule has 3 amide bonds. The Bertz CT molecular complexity index is 299. The lowest BCUT2D eigenvalue weighted by molar-refractivity contribution is -0.140. The van der Waals surface area contributed by atoms with E-state index in [1.165, 1.54) is 0 Å². The molecule has 0 spiro atoms. The van der Waals surface area contributed by atoms with Gasteiger partial charge in [0.2, 0.25) is 18.1 Å². The highest BCUT2D eigenvalue weighted by atomic mass is 16.7. The molecular weight excluding hydrogens is 226 g/mol. The Morgan fingerprint density at radius 3 is 2.47 bits per heavy atom. The van der Waals surface area contributed by atoms with Gasteiger partial charge in [0, 0.05) is 12.8 Å². The molecule has 0 N–H and O–H groups in total. The lowest BCUT2D eigenvalue weighted by atomic mass is 10.4. The van der Waals surface area contributed by atoms with Crippen LogP contribution in [0.4, 0.5) is 4.79 Å². The summed E-state index contributed by atoms with van der Waals surface area (Å²) in [6.45, 7) is 4.05. The van der Waals surface area contributed by atoms with E-state index in [4.69, 9.17) is 9.47 Å². The summed E-state index contributed by atoms with van der Waals surface area (Å²) in [5, 5.41) is 0. The van der Waals surface area contributed by atoms with Crippen molar-refractivity contribution in [3.63, 3.8) is 0 Å². The second kappa shape index (κ2) is 6.34. The molecule has 1 fully saturated rings. The zero-order valence-corrected chi connectivity index (χ0v) is 10.1. The molecule has 0 radical (unpaired) electrons. The van der Waals surface area contributed by atoms with Crippen molar-refractivity contribution in [2.45, 2.75) is 45.8 Å². The molecule has 0 aromatic heterocycles. The number of carbonyl (C=O) groups is 3. The van der Waals surface area contributed by atoms with Crippen LogP contribution in [0.25, 0.3) is 0 Å². The minimum Gasteiger partial charge on any atom is -0.419 e. The predicted molar refractivity (Wildman–Crippen MR) is 57.9 cm³/mol. The van der Waals surface area contributed by atoms with Gasteiger partial charge < -0.3 is 9.47 Å². The summed E-state index contributed by atoms with van der Waals surface area (Å²) in [4.78, 5) is 34.5. The summed E-state index contributed by atoms with van der Waals surface area (Å²) < 4.78 is 10.0. The van der Waals surface area contributed by atoms with E-state index >= 15 is 0 Å². The number of carbonyl (C=O) groups excluding carboxylic acids is 3. The van der Waals surface area contributed by atoms with Gasteiger partial charge in [-0.3, -0.25) is 9.59 Å². The molecule has 1 aliphatic heterocycles. The topological polar surface area (TPSA) is 72.9 Å². The van der Waals surface area contributed by atoms with Gasteiger partial charge in [0.05, 0.1) is 6.61 Å². The van der Waals surface area contributed by atoms with Crippen molar-refractivity contribution in [2.24, 2.45) is 0 Å². The maximum atomic E-state index is 11.5. The Balaban J connectivity index is 2.38. The molecule has 0 bridgehead atoms. The zero-order chi connectivity index (χ0) is 12.8. The van der Waals surface area contributed by atoms with Crippen molar-refractivity contribution in [1.82, 2.24) is 4.90 Å². The SMILES string of the molecule is CCCCOC(C)OC(=O)N1C(=O)CCC1=O. The van der Waals surface area contributed by atoms with Crippen LogP contribution in [0.5, 0.6) is 0 Å². The van der Waals surface area contributed by atoms with Crippen LogP contribution < -0.4 is 0 Å². The van der Waals surface area contributed by atoms with Crippen molar-refractivity contribution in [2.75, 3.05) is 6.61 Å². The molecule has 6 nitrogen and oxygen atoms in total. The molecule has 6 heteroatoms. The van der Waals surface area contributed by atoms with Crippen LogP contribution in [0.2, 0.25) is 0 Å². The van der Waals surface area contributed by atoms with Gasteiger partial charge >= 0.3 is 6.09 Å². The van der Waals surface area contributed by atoms with E-state index in [1.807, 2.05) is 6.92 Å². The number of hydrogen-bond acceptors (Lipinski definition) is 5. The molecule has 96 valence electrons. The minimum absolute atomic E-state index is 0.0685. The standard InChI is InChI=1S/C11H17NO5/c1-3-4-7-16-8(2)17-11(15)12-9(13)5-6-10(12)14/h8H,3-7H2,1-2H3. The molecule has 17 heavy (non-hydrogen) atoms. The minimum atomic E-state index is -0.943. The first kappa shape index (κ1) is 13.6. The predicted octanol–water partition coefficient (Wildman–Crippen LogP) is 1.43. The van der Waals surface area contributed by atoms with Crippen LogP contribution >= 0.6 is 0 Å². The van der Waals surface area contributed by atoms with E-state index in [9.17, 15) is 14.4 Å². The number of ether oxygens (including phenoxy) is 2. The van der Waals surface area contributed by atoms with Crippen molar-refractivity contribution >= 4 is 17.9 Å². The zero-order valence-electron chi connectivity index (χ0n) is 10.1. The van der Waals surface area contributed by atoms with Gasteiger partial charge in [-0.25, -0.2) is 4.79 Å². The van der Waals surface area contributed by atoms with Gasteiger partial charge in [-0.1, -0.05) is 13.3 Å². The van der Waals surface area contributed by atoms with Gasteiger partial charge in [0.25, 0.3) is 0 Å². The maximum Gasteiger partial charge on any atom is 0.425 e. The largest absolute Gasteiger partial charge is 0.425 e. The molecule has 0 saturated carbocycles. The number of likely N-dealkylation sites (tertiary alicyclic amines) is 1. The van der Waals surface area contributed by atoms with Gasteiger partial charge in [-0.05, 0) is 13.3 Å². The Morgan fingerprint density at radius 2 is 1.94 bits per heavy atom. The van der Waals surface area contributed by atoms with Gasteiger partial charge in [0.1, 0.15) is 0 Å². The molecular formula is C11H17NO5. The third kappa shape index (κ3) is 3.81. The summed E-state index contributed by atoms with van der Waals surface area (Å²) in [7, 11) is 0. The van der Waals surface area contributed by atoms with E-state index < -0.39 is 24.2 Å². The molecule has 0 aromatic rings. The Hall–Kier alpha value is -1.43. The maximum absolute atomic E-state index is 11.5. The van der Waals surface area contributed by atoms with Crippen molar-refractivity contribution in [3.05, 3.63) is 0 Å². The van der Waals surface area contributed by atoms with E-state index in [0.29, 0.717) is 11.5 Å². The van der Waals surface area contributed by atoms with Crippen LogP contribution in [-0.2, 0) is 19.1 Å². The van der Waals surface area contributed by atoms with Crippen LogP contribution in [0, 0.1) is 0 Å². The van der Waals surface area contributed by atoms with E-state index in [2.05, 4.69) is 0 Å². The number of imide groups is 3. The third-order valence-electron chi connectivity index (χ3n) is 2.35. The van der Waals surface area contributed by atoms with Gasteiger partial charge in [-0.15, -0.1) is 0 Å². The van der Waals surface area contributed by atoms with Crippen molar-refractivity contribution in [3.8, 4) is 0 Å². The molecule has 0 aliphatic carbocycles. The second-order valence-electron chi connectivity index (χ2n) is 3.80. The highest BCUT2D eigenvalue weighted by molar-refractivity contribution is 6.13. The van der Waals surface area contributed by atoms with E-state index in [-0.39, 0.29) is 12.8 Å². The summed E-state index contributed by atoms with van der Waals surface area (Å²) in [5.74, 6) is -1.03. The normalized spacial score (nSPS) is 17.4. The third-order valence-corrected chi connectivity index (χ3v) is 2.35. The monoisotopic (exact) mass is 243 g/mol. The quantitative estimate of drug-likeness (QED) is 0.415. The molecule has 0 aromatic carbocycles. The summed E-state index contributed by atoms with van der Waals surface area (Å²) >= 11 is 0. The van der Waals surface area contributed by atoms with Gasteiger partial charge in [0.15, 0.2) is 0 Å². The average molecular weight is 243 g/mol.